The number of carbonyl (C=O) groups excluding carboxylic acids is 2. The van der Waals surface area contributed by atoms with Crippen LogP contribution in [0.4, 0.5) is 0 Å². The quantitative estimate of drug-likeness (QED) is 0.160. The maximum absolute atomic E-state index is 13.5. The number of aliphatic hydroxyl groups excluding tert-OH is 1. The second kappa shape index (κ2) is 15.4. The van der Waals surface area contributed by atoms with E-state index in [1.165, 1.54) is 5.56 Å². The second-order valence-electron chi connectivity index (χ2n) is 9.94. The number of nitrogens with zero attached hydrogens (tertiary/aromatic N) is 1. The third-order valence-electron chi connectivity index (χ3n) is 7.18. The monoisotopic (exact) mass is 588 g/mol. The van der Waals surface area contributed by atoms with Crippen molar-refractivity contribution in [3.8, 4) is 0 Å². The number of aryl methyl sites for hydroxylation is 1. The molecule has 41 heavy (non-hydrogen) atoms. The zero-order valence-electron chi connectivity index (χ0n) is 22.8. The lowest BCUT2D eigenvalue weighted by molar-refractivity contribution is -0.109. The van der Waals surface area contributed by atoms with E-state index in [0.717, 1.165) is 42.5 Å². The molecule has 0 saturated carbocycles. The molecule has 2 atom stereocenters. The molecule has 1 aliphatic rings. The van der Waals surface area contributed by atoms with Crippen LogP contribution in [0.3, 0.4) is 0 Å². The van der Waals surface area contributed by atoms with E-state index in [0.29, 0.717) is 28.5 Å². The van der Waals surface area contributed by atoms with Crippen LogP contribution >= 0.6 is 23.2 Å². The minimum atomic E-state index is -0.366. The Labute approximate surface area is 251 Å². The number of benzene rings is 4. The first-order valence-electron chi connectivity index (χ1n) is 13.7. The van der Waals surface area contributed by atoms with E-state index in [2.05, 4.69) is 17.4 Å². The van der Waals surface area contributed by atoms with E-state index in [9.17, 15) is 14.7 Å². The predicted molar refractivity (Wildman–Crippen MR) is 165 cm³/mol. The molecule has 7 heteroatoms. The Morgan fingerprint density at radius 2 is 1.56 bits per heavy atom. The summed E-state index contributed by atoms with van der Waals surface area (Å²) >= 11 is 12.6. The van der Waals surface area contributed by atoms with Crippen molar-refractivity contribution in [2.24, 2.45) is 0 Å². The summed E-state index contributed by atoms with van der Waals surface area (Å²) in [6.07, 6.45) is 3.97. The fourth-order valence-corrected chi connectivity index (χ4v) is 5.72. The number of fused-ring (bicyclic) bond motifs is 1. The Hall–Kier alpha value is -3.64. The van der Waals surface area contributed by atoms with Crippen molar-refractivity contribution in [2.75, 3.05) is 13.2 Å². The van der Waals surface area contributed by atoms with Crippen LogP contribution in [0.2, 0.25) is 10.0 Å². The van der Waals surface area contributed by atoms with Crippen molar-refractivity contribution in [1.82, 2.24) is 10.2 Å². The molecule has 0 aromatic heterocycles. The van der Waals surface area contributed by atoms with Gasteiger partial charge in [-0.1, -0.05) is 108 Å². The second-order valence-corrected chi connectivity index (χ2v) is 10.8. The third kappa shape index (κ3) is 8.20. The van der Waals surface area contributed by atoms with E-state index in [1.807, 2.05) is 78.9 Å². The number of rotatable bonds is 10. The van der Waals surface area contributed by atoms with Crippen LogP contribution < -0.4 is 5.32 Å². The van der Waals surface area contributed by atoms with E-state index in [1.54, 1.807) is 17.0 Å². The van der Waals surface area contributed by atoms with Crippen LogP contribution in [-0.2, 0) is 24.1 Å². The van der Waals surface area contributed by atoms with E-state index in [4.69, 9.17) is 23.2 Å². The number of aliphatic hydroxyl groups is 1. The highest BCUT2D eigenvalue weighted by atomic mass is 35.5. The maximum atomic E-state index is 13.5. The fourth-order valence-electron chi connectivity index (χ4n) is 5.18. The summed E-state index contributed by atoms with van der Waals surface area (Å²) in [7, 11) is 0. The summed E-state index contributed by atoms with van der Waals surface area (Å²) in [5.41, 5.74) is 4.90. The largest absolute Gasteiger partial charge is 0.394 e. The molecule has 0 fully saturated rings. The normalized spacial score (nSPS) is 14.9. The Morgan fingerprint density at radius 1 is 0.902 bits per heavy atom. The Balaban J connectivity index is 0.000000271. The molecule has 0 spiro atoms. The number of halogens is 2. The molecule has 0 radical (unpaired) electrons. The van der Waals surface area contributed by atoms with Gasteiger partial charge < -0.3 is 15.3 Å². The summed E-state index contributed by atoms with van der Waals surface area (Å²) in [5.74, 6) is -0.0853. The summed E-state index contributed by atoms with van der Waals surface area (Å²) in [6.45, 7) is 0.628. The standard InChI is InChI=1S/C24H21Cl2NO2.C10H13NO/c25-18-10-11-21(22(26)14-18)23-13-17-8-4-5-9-20(17)24(29)27(23)19(15-28)12-16-6-2-1-3-7-16;12-9-11-8-4-7-10-5-2-1-3-6-10/h1-11,14,19,23,28H,12-13,15H2;1-3,5-6,9H,4,7-8H2,(H,11,12)/t19-,23?;/m0./s1. The van der Waals surface area contributed by atoms with Gasteiger partial charge in [0.2, 0.25) is 6.41 Å². The predicted octanol–water partition coefficient (Wildman–Crippen LogP) is 6.70. The number of amides is 2. The van der Waals surface area contributed by atoms with Gasteiger partial charge in [-0.25, -0.2) is 0 Å². The highest BCUT2D eigenvalue weighted by Crippen LogP contribution is 2.39. The van der Waals surface area contributed by atoms with Crippen molar-refractivity contribution in [1.29, 1.82) is 0 Å². The van der Waals surface area contributed by atoms with E-state index in [-0.39, 0.29) is 24.6 Å². The molecule has 1 heterocycles. The molecule has 2 amide bonds. The highest BCUT2D eigenvalue weighted by Gasteiger charge is 2.38. The third-order valence-corrected chi connectivity index (χ3v) is 7.75. The van der Waals surface area contributed by atoms with E-state index >= 15 is 0 Å². The molecule has 2 N–H and O–H groups in total. The number of carbonyl (C=O) groups is 2. The average molecular weight is 590 g/mol. The van der Waals surface area contributed by atoms with Crippen LogP contribution in [0.1, 0.15) is 45.1 Å². The lowest BCUT2D eigenvalue weighted by Gasteiger charge is -2.42. The number of hydrogen-bond donors (Lipinski definition) is 2. The van der Waals surface area contributed by atoms with Gasteiger partial charge in [0.1, 0.15) is 0 Å². The molecule has 1 unspecified atom stereocenters. The molecule has 4 aromatic carbocycles. The van der Waals surface area contributed by atoms with Gasteiger partial charge in [0.15, 0.2) is 0 Å². The van der Waals surface area contributed by atoms with Gasteiger partial charge in [-0.05, 0) is 66.1 Å². The fraction of sp³-hybridized carbons (Fsp3) is 0.235. The Kier molecular flexibility index (Phi) is 11.4. The number of nitrogens with one attached hydrogen (secondary N) is 1. The number of hydrogen-bond acceptors (Lipinski definition) is 3. The van der Waals surface area contributed by atoms with Crippen molar-refractivity contribution in [3.63, 3.8) is 0 Å². The van der Waals surface area contributed by atoms with Gasteiger partial charge in [0.25, 0.3) is 5.91 Å². The molecule has 5 rings (SSSR count). The summed E-state index contributed by atoms with van der Waals surface area (Å²) in [4.78, 5) is 25.2. The highest BCUT2D eigenvalue weighted by molar-refractivity contribution is 6.35. The van der Waals surface area contributed by atoms with Crippen LogP contribution in [0, 0.1) is 0 Å². The first-order valence-corrected chi connectivity index (χ1v) is 14.5. The molecule has 1 aliphatic heterocycles. The molecule has 212 valence electrons. The molecule has 0 saturated heterocycles. The minimum absolute atomic E-state index is 0.0853. The zero-order chi connectivity index (χ0) is 29.0. The molecule has 0 bridgehead atoms. The van der Waals surface area contributed by atoms with Crippen LogP contribution in [0.25, 0.3) is 0 Å². The van der Waals surface area contributed by atoms with Gasteiger partial charge in [-0.2, -0.15) is 0 Å². The molecule has 5 nitrogen and oxygen atoms in total. The van der Waals surface area contributed by atoms with Crippen molar-refractivity contribution in [2.45, 2.75) is 37.8 Å². The van der Waals surface area contributed by atoms with E-state index < -0.39 is 0 Å². The first kappa shape index (κ1) is 30.3. The molecular weight excluding hydrogens is 555 g/mol. The summed E-state index contributed by atoms with van der Waals surface area (Å²) in [6, 6.07) is 32.5. The molecular formula is C34H34Cl2N2O3. The van der Waals surface area contributed by atoms with Gasteiger partial charge in [-0.3, -0.25) is 9.59 Å². The lowest BCUT2D eigenvalue weighted by Crippen LogP contribution is -2.49. The first-order chi connectivity index (χ1) is 20.0. The van der Waals surface area contributed by atoms with Crippen LogP contribution in [-0.4, -0.2) is 41.5 Å². The summed E-state index contributed by atoms with van der Waals surface area (Å²) < 4.78 is 0. The van der Waals surface area contributed by atoms with Crippen LogP contribution in [0.15, 0.2) is 103 Å². The molecule has 0 aliphatic carbocycles. The molecule has 4 aromatic rings. The smallest absolute Gasteiger partial charge is 0.255 e. The van der Waals surface area contributed by atoms with Gasteiger partial charge in [0, 0.05) is 22.2 Å². The Bertz CT molecular complexity index is 1420. The SMILES string of the molecule is O=C1c2ccccc2CC(c2ccc(Cl)cc2Cl)N1[C@H](CO)Cc1ccccc1.O=CNCCCc1ccccc1. The van der Waals surface area contributed by atoms with Gasteiger partial charge in [-0.15, -0.1) is 0 Å². The van der Waals surface area contributed by atoms with Crippen molar-refractivity contribution in [3.05, 3.63) is 141 Å². The maximum Gasteiger partial charge on any atom is 0.255 e. The summed E-state index contributed by atoms with van der Waals surface area (Å²) in [5, 5.41) is 13.9. The van der Waals surface area contributed by atoms with Crippen molar-refractivity contribution < 1.29 is 14.7 Å². The minimum Gasteiger partial charge on any atom is -0.394 e. The van der Waals surface area contributed by atoms with Gasteiger partial charge in [0.05, 0.1) is 18.7 Å². The van der Waals surface area contributed by atoms with Crippen molar-refractivity contribution >= 4 is 35.5 Å². The lowest BCUT2D eigenvalue weighted by atomic mass is 9.87. The Morgan fingerprint density at radius 3 is 2.22 bits per heavy atom. The van der Waals surface area contributed by atoms with Crippen LogP contribution in [0.5, 0.6) is 0 Å². The van der Waals surface area contributed by atoms with Gasteiger partial charge >= 0.3 is 0 Å². The zero-order valence-corrected chi connectivity index (χ0v) is 24.3. The average Bonchev–Trinajstić information content (AvgIpc) is 3.00. The topological polar surface area (TPSA) is 69.6 Å².